The summed E-state index contributed by atoms with van der Waals surface area (Å²) < 4.78 is 1.38. The van der Waals surface area contributed by atoms with Crippen molar-refractivity contribution in [2.45, 2.75) is 51.2 Å². The van der Waals surface area contributed by atoms with Crippen molar-refractivity contribution in [2.75, 3.05) is 6.54 Å². The van der Waals surface area contributed by atoms with Crippen LogP contribution in [0.4, 0.5) is 0 Å². The summed E-state index contributed by atoms with van der Waals surface area (Å²) in [6.45, 7) is 2.51. The Morgan fingerprint density at radius 1 is 1.38 bits per heavy atom. The van der Waals surface area contributed by atoms with E-state index >= 15 is 0 Å². The monoisotopic (exact) mass is 329 g/mol. The van der Waals surface area contributed by atoms with Crippen molar-refractivity contribution in [3.05, 3.63) is 46.5 Å². The molecule has 2 atom stereocenters. The van der Waals surface area contributed by atoms with E-state index in [9.17, 15) is 14.7 Å². The third-order valence-electron chi connectivity index (χ3n) is 4.66. The molecule has 2 aromatic rings. The molecule has 1 aliphatic rings. The predicted octanol–water partition coefficient (Wildman–Crippen LogP) is 1.85. The van der Waals surface area contributed by atoms with Crippen LogP contribution in [0.3, 0.4) is 0 Å². The quantitative estimate of drug-likeness (QED) is 0.929. The first-order valence-corrected chi connectivity index (χ1v) is 8.59. The maximum Gasteiger partial charge on any atom is 0.270 e. The molecule has 128 valence electrons. The Bertz CT molecular complexity index is 786. The molecule has 1 N–H and O–H groups in total. The highest BCUT2D eigenvalue weighted by molar-refractivity contribution is 5.94. The van der Waals surface area contributed by atoms with Crippen LogP contribution in [0.2, 0.25) is 0 Å². The highest BCUT2D eigenvalue weighted by atomic mass is 16.3. The van der Waals surface area contributed by atoms with E-state index in [2.05, 4.69) is 4.98 Å². The van der Waals surface area contributed by atoms with E-state index in [1.54, 1.807) is 29.3 Å². The van der Waals surface area contributed by atoms with Gasteiger partial charge in [-0.25, -0.2) is 4.98 Å². The lowest BCUT2D eigenvalue weighted by Crippen LogP contribution is -2.50. The van der Waals surface area contributed by atoms with Crippen LogP contribution in [0.1, 0.15) is 49.4 Å². The molecule has 0 aliphatic heterocycles. The Balaban J connectivity index is 1.98. The third-order valence-corrected chi connectivity index (χ3v) is 4.66. The molecule has 3 rings (SSSR count). The summed E-state index contributed by atoms with van der Waals surface area (Å²) in [5.41, 5.74) is 0.209. The van der Waals surface area contributed by atoms with Gasteiger partial charge in [-0.15, -0.1) is 0 Å². The highest BCUT2D eigenvalue weighted by Crippen LogP contribution is 2.24. The Morgan fingerprint density at radius 3 is 2.92 bits per heavy atom. The van der Waals surface area contributed by atoms with Crippen LogP contribution >= 0.6 is 0 Å². The van der Waals surface area contributed by atoms with E-state index in [4.69, 9.17) is 0 Å². The molecule has 0 aromatic carbocycles. The molecule has 1 amide bonds. The molecular weight excluding hydrogens is 306 g/mol. The average Bonchev–Trinajstić information content (AvgIpc) is 2.60. The summed E-state index contributed by atoms with van der Waals surface area (Å²) in [7, 11) is 0. The van der Waals surface area contributed by atoms with Crippen molar-refractivity contribution < 1.29 is 9.90 Å². The zero-order chi connectivity index (χ0) is 17.1. The number of fused-ring (bicyclic) bond motifs is 1. The van der Waals surface area contributed by atoms with E-state index in [-0.39, 0.29) is 23.1 Å². The van der Waals surface area contributed by atoms with Crippen molar-refractivity contribution in [1.82, 2.24) is 14.3 Å². The van der Waals surface area contributed by atoms with E-state index in [0.717, 1.165) is 25.7 Å². The number of nitrogens with zero attached hydrogens (tertiary/aromatic N) is 3. The summed E-state index contributed by atoms with van der Waals surface area (Å²) in [4.78, 5) is 31.5. The number of amides is 1. The molecule has 24 heavy (non-hydrogen) atoms. The van der Waals surface area contributed by atoms with Crippen molar-refractivity contribution in [3.63, 3.8) is 0 Å². The van der Waals surface area contributed by atoms with Crippen LogP contribution in [-0.4, -0.2) is 44.0 Å². The van der Waals surface area contributed by atoms with Crippen LogP contribution in [0.15, 0.2) is 35.4 Å². The van der Waals surface area contributed by atoms with Gasteiger partial charge in [0.05, 0.1) is 12.1 Å². The van der Waals surface area contributed by atoms with E-state index in [0.29, 0.717) is 18.6 Å². The largest absolute Gasteiger partial charge is 0.391 e. The molecule has 0 saturated heterocycles. The van der Waals surface area contributed by atoms with Gasteiger partial charge < -0.3 is 10.0 Å². The maximum absolute atomic E-state index is 13.0. The number of hydrogen-bond donors (Lipinski definition) is 1. The second kappa shape index (κ2) is 7.13. The third kappa shape index (κ3) is 3.06. The van der Waals surface area contributed by atoms with Crippen LogP contribution in [0, 0.1) is 0 Å². The number of hydrogen-bond acceptors (Lipinski definition) is 4. The molecule has 1 saturated carbocycles. The average molecular weight is 329 g/mol. The molecule has 0 spiro atoms. The molecular formula is C18H23N3O3. The zero-order valence-electron chi connectivity index (χ0n) is 13.9. The lowest BCUT2D eigenvalue weighted by Gasteiger charge is -2.37. The first kappa shape index (κ1) is 16.6. The van der Waals surface area contributed by atoms with Gasteiger partial charge in [-0.2, -0.15) is 0 Å². The van der Waals surface area contributed by atoms with Gasteiger partial charge in [-0.05, 0) is 31.4 Å². The molecule has 1 fully saturated rings. The molecule has 0 bridgehead atoms. The van der Waals surface area contributed by atoms with Gasteiger partial charge in [-0.3, -0.25) is 14.0 Å². The topological polar surface area (TPSA) is 74.9 Å². The van der Waals surface area contributed by atoms with Crippen LogP contribution in [-0.2, 0) is 0 Å². The molecule has 6 heteroatoms. The van der Waals surface area contributed by atoms with Gasteiger partial charge >= 0.3 is 0 Å². The molecule has 2 aromatic heterocycles. The fourth-order valence-electron chi connectivity index (χ4n) is 3.44. The lowest BCUT2D eigenvalue weighted by molar-refractivity contribution is 0.0177. The second-order valence-corrected chi connectivity index (χ2v) is 6.32. The SMILES string of the molecule is CCCN(C(=O)c1cnc2ccccn2c1=O)[C@@H]1CCCC[C@H]1O. The van der Waals surface area contributed by atoms with E-state index < -0.39 is 6.10 Å². The minimum Gasteiger partial charge on any atom is -0.391 e. The fourth-order valence-corrected chi connectivity index (χ4v) is 3.44. The summed E-state index contributed by atoms with van der Waals surface area (Å²) in [6, 6.07) is 5.04. The number of aliphatic hydroxyl groups is 1. The minimum atomic E-state index is -0.523. The summed E-state index contributed by atoms with van der Waals surface area (Å²) in [6.07, 6.45) is 6.67. The molecule has 1 aliphatic carbocycles. The first-order chi connectivity index (χ1) is 11.6. The van der Waals surface area contributed by atoms with Crippen LogP contribution < -0.4 is 5.56 Å². The molecule has 0 unspecified atom stereocenters. The smallest absolute Gasteiger partial charge is 0.270 e. The van der Waals surface area contributed by atoms with Crippen molar-refractivity contribution in [3.8, 4) is 0 Å². The molecule has 0 radical (unpaired) electrons. The standard InChI is InChI=1S/C18H23N3O3/c1-2-10-20(14-7-3-4-8-15(14)22)17(23)13-12-19-16-9-5-6-11-21(16)18(13)24/h5-6,9,11-12,14-15,22H,2-4,7-8,10H2,1H3/t14-,15-/m1/s1. The van der Waals surface area contributed by atoms with E-state index in [1.807, 2.05) is 6.92 Å². The van der Waals surface area contributed by atoms with Crippen LogP contribution in [0.5, 0.6) is 0 Å². The van der Waals surface area contributed by atoms with Gasteiger partial charge in [-0.1, -0.05) is 25.8 Å². The van der Waals surface area contributed by atoms with Gasteiger partial charge in [0.15, 0.2) is 0 Å². The lowest BCUT2D eigenvalue weighted by atomic mass is 9.91. The first-order valence-electron chi connectivity index (χ1n) is 8.59. The number of carbonyl (C=O) groups is 1. The summed E-state index contributed by atoms with van der Waals surface area (Å²) in [5.74, 6) is -0.335. The second-order valence-electron chi connectivity index (χ2n) is 6.32. The predicted molar refractivity (Wildman–Crippen MR) is 91.1 cm³/mol. The van der Waals surface area contributed by atoms with Gasteiger partial charge in [0, 0.05) is 18.9 Å². The Kier molecular flexibility index (Phi) is 4.94. The van der Waals surface area contributed by atoms with Crippen molar-refractivity contribution in [2.24, 2.45) is 0 Å². The summed E-state index contributed by atoms with van der Waals surface area (Å²) >= 11 is 0. The van der Waals surface area contributed by atoms with Crippen LogP contribution in [0.25, 0.3) is 5.65 Å². The Morgan fingerprint density at radius 2 is 2.17 bits per heavy atom. The number of aromatic nitrogens is 2. The number of carbonyl (C=O) groups excluding carboxylic acids is 1. The van der Waals surface area contributed by atoms with E-state index in [1.165, 1.54) is 10.6 Å². The van der Waals surface area contributed by atoms with Gasteiger partial charge in [0.1, 0.15) is 11.2 Å². The Labute approximate surface area is 140 Å². The Hall–Kier alpha value is -2.21. The van der Waals surface area contributed by atoms with Gasteiger partial charge in [0.25, 0.3) is 11.5 Å². The number of pyridine rings is 1. The number of aliphatic hydroxyl groups excluding tert-OH is 1. The van der Waals surface area contributed by atoms with Crippen molar-refractivity contribution in [1.29, 1.82) is 0 Å². The fraction of sp³-hybridized carbons (Fsp3) is 0.500. The highest BCUT2D eigenvalue weighted by Gasteiger charge is 2.33. The zero-order valence-corrected chi connectivity index (χ0v) is 13.9. The minimum absolute atomic E-state index is 0.0601. The normalized spacial score (nSPS) is 20.9. The number of rotatable bonds is 4. The molecule has 2 heterocycles. The maximum atomic E-state index is 13.0. The molecule has 6 nitrogen and oxygen atoms in total. The van der Waals surface area contributed by atoms with Crippen molar-refractivity contribution >= 4 is 11.6 Å². The summed E-state index contributed by atoms with van der Waals surface area (Å²) in [5, 5.41) is 10.3. The van der Waals surface area contributed by atoms with Gasteiger partial charge in [0.2, 0.25) is 0 Å².